The quantitative estimate of drug-likeness (QED) is 0.863. The van der Waals surface area contributed by atoms with Crippen LogP contribution in [0.3, 0.4) is 0 Å². The lowest BCUT2D eigenvalue weighted by Gasteiger charge is -2.11. The number of halogens is 3. The Bertz CT molecular complexity index is 758. The van der Waals surface area contributed by atoms with Gasteiger partial charge in [-0.2, -0.15) is 13.2 Å². The van der Waals surface area contributed by atoms with Crippen LogP contribution in [-0.4, -0.2) is 18.4 Å². The van der Waals surface area contributed by atoms with Crippen molar-refractivity contribution >= 4 is 23.2 Å². The van der Waals surface area contributed by atoms with Crippen LogP contribution in [0.25, 0.3) is 0 Å². The van der Waals surface area contributed by atoms with Crippen LogP contribution >= 0.6 is 0 Å². The average molecular weight is 352 g/mol. The van der Waals surface area contributed by atoms with Crippen LogP contribution in [0, 0.1) is 0 Å². The number of amides is 2. The van der Waals surface area contributed by atoms with Crippen molar-refractivity contribution < 1.29 is 27.5 Å². The van der Waals surface area contributed by atoms with Crippen LogP contribution in [0.1, 0.15) is 12.5 Å². The number of alkyl halides is 3. The SMILES string of the molecule is CC(=O)Nc1ccc(NC(=O)COc2cccc(C(F)(F)F)c2)cc1. The van der Waals surface area contributed by atoms with Crippen molar-refractivity contribution in [1.29, 1.82) is 0 Å². The van der Waals surface area contributed by atoms with Crippen LogP contribution in [-0.2, 0) is 15.8 Å². The van der Waals surface area contributed by atoms with Gasteiger partial charge in [0.25, 0.3) is 5.91 Å². The van der Waals surface area contributed by atoms with Crippen LogP contribution < -0.4 is 15.4 Å². The molecule has 0 aliphatic carbocycles. The molecule has 0 aromatic heterocycles. The lowest BCUT2D eigenvalue weighted by atomic mass is 10.2. The van der Waals surface area contributed by atoms with E-state index in [1.54, 1.807) is 24.3 Å². The van der Waals surface area contributed by atoms with Crippen molar-refractivity contribution in [3.05, 3.63) is 54.1 Å². The molecule has 0 radical (unpaired) electrons. The van der Waals surface area contributed by atoms with Crippen molar-refractivity contribution in [3.8, 4) is 5.75 Å². The molecule has 8 heteroatoms. The molecule has 0 spiro atoms. The Kier molecular flexibility index (Phi) is 5.63. The van der Waals surface area contributed by atoms with E-state index in [0.29, 0.717) is 11.4 Å². The van der Waals surface area contributed by atoms with Crippen LogP contribution in [0.4, 0.5) is 24.5 Å². The summed E-state index contributed by atoms with van der Waals surface area (Å²) in [7, 11) is 0. The summed E-state index contributed by atoms with van der Waals surface area (Å²) in [5.74, 6) is -0.790. The zero-order valence-corrected chi connectivity index (χ0v) is 13.2. The number of rotatable bonds is 5. The van der Waals surface area contributed by atoms with Crippen molar-refractivity contribution in [3.63, 3.8) is 0 Å². The van der Waals surface area contributed by atoms with E-state index in [2.05, 4.69) is 10.6 Å². The van der Waals surface area contributed by atoms with E-state index in [4.69, 9.17) is 4.74 Å². The summed E-state index contributed by atoms with van der Waals surface area (Å²) in [6, 6.07) is 10.6. The fourth-order valence-corrected chi connectivity index (χ4v) is 1.95. The Labute approximate surface area is 141 Å². The topological polar surface area (TPSA) is 67.4 Å². The summed E-state index contributed by atoms with van der Waals surface area (Å²) in [5, 5.41) is 5.12. The molecule has 2 aromatic rings. The number of nitrogens with one attached hydrogen (secondary N) is 2. The summed E-state index contributed by atoms with van der Waals surface area (Å²) < 4.78 is 42.9. The molecule has 0 saturated heterocycles. The van der Waals surface area contributed by atoms with E-state index in [9.17, 15) is 22.8 Å². The lowest BCUT2D eigenvalue weighted by molar-refractivity contribution is -0.137. The molecule has 0 fully saturated rings. The largest absolute Gasteiger partial charge is 0.484 e. The van der Waals surface area contributed by atoms with Crippen molar-refractivity contribution in [2.75, 3.05) is 17.2 Å². The van der Waals surface area contributed by atoms with Gasteiger partial charge in [0.05, 0.1) is 5.56 Å². The highest BCUT2D eigenvalue weighted by atomic mass is 19.4. The van der Waals surface area contributed by atoms with Gasteiger partial charge in [-0.15, -0.1) is 0 Å². The molecule has 0 aliphatic rings. The average Bonchev–Trinajstić information content (AvgIpc) is 2.54. The molecule has 0 aliphatic heterocycles. The monoisotopic (exact) mass is 352 g/mol. The third-order valence-electron chi connectivity index (χ3n) is 3.02. The number of ether oxygens (including phenoxy) is 1. The first-order chi connectivity index (χ1) is 11.7. The van der Waals surface area contributed by atoms with Crippen LogP contribution in [0.15, 0.2) is 48.5 Å². The number of carbonyl (C=O) groups is 2. The highest BCUT2D eigenvalue weighted by Crippen LogP contribution is 2.31. The molecular weight excluding hydrogens is 337 g/mol. The lowest BCUT2D eigenvalue weighted by Crippen LogP contribution is -2.20. The highest BCUT2D eigenvalue weighted by Gasteiger charge is 2.30. The molecule has 0 heterocycles. The van der Waals surface area contributed by atoms with Crippen LogP contribution in [0.2, 0.25) is 0 Å². The van der Waals surface area contributed by atoms with E-state index in [1.165, 1.54) is 19.1 Å². The maximum Gasteiger partial charge on any atom is 0.416 e. The van der Waals surface area contributed by atoms with Gasteiger partial charge in [-0.1, -0.05) is 6.07 Å². The van der Waals surface area contributed by atoms with E-state index in [0.717, 1.165) is 12.1 Å². The summed E-state index contributed by atoms with van der Waals surface area (Å²) in [6.45, 7) is 0.940. The second-order valence-corrected chi connectivity index (χ2v) is 5.12. The summed E-state index contributed by atoms with van der Waals surface area (Å²) in [5.41, 5.74) is 0.191. The first-order valence-corrected chi connectivity index (χ1v) is 7.21. The zero-order valence-electron chi connectivity index (χ0n) is 13.2. The summed E-state index contributed by atoms with van der Waals surface area (Å²) in [6.07, 6.45) is -4.47. The number of anilines is 2. The number of hydrogen-bond donors (Lipinski definition) is 2. The molecule has 25 heavy (non-hydrogen) atoms. The van der Waals surface area contributed by atoms with E-state index in [-0.39, 0.29) is 11.7 Å². The second-order valence-electron chi connectivity index (χ2n) is 5.12. The van der Waals surface area contributed by atoms with Gasteiger partial charge in [0, 0.05) is 18.3 Å². The molecule has 2 aromatic carbocycles. The molecule has 132 valence electrons. The van der Waals surface area contributed by atoms with Crippen molar-refractivity contribution in [2.24, 2.45) is 0 Å². The van der Waals surface area contributed by atoms with Gasteiger partial charge in [0.15, 0.2) is 6.61 Å². The van der Waals surface area contributed by atoms with Gasteiger partial charge < -0.3 is 15.4 Å². The molecule has 2 amide bonds. The fraction of sp³-hybridized carbons (Fsp3) is 0.176. The molecule has 0 bridgehead atoms. The van der Waals surface area contributed by atoms with E-state index in [1.807, 2.05) is 0 Å². The first kappa shape index (κ1) is 18.3. The standard InChI is InChI=1S/C17H15F3N2O3/c1-11(23)21-13-5-7-14(8-6-13)22-16(24)10-25-15-4-2-3-12(9-15)17(18,19)20/h2-9H,10H2,1H3,(H,21,23)(H,22,24). The molecule has 5 nitrogen and oxygen atoms in total. The number of carbonyl (C=O) groups excluding carboxylic acids is 2. The molecule has 0 atom stereocenters. The van der Waals surface area contributed by atoms with Gasteiger partial charge in [0.2, 0.25) is 5.91 Å². The Balaban J connectivity index is 1.89. The highest BCUT2D eigenvalue weighted by molar-refractivity contribution is 5.93. The predicted molar refractivity (Wildman–Crippen MR) is 86.3 cm³/mol. The Morgan fingerprint density at radius 2 is 1.60 bits per heavy atom. The minimum absolute atomic E-state index is 0.0500. The molecule has 0 saturated carbocycles. The Hall–Kier alpha value is -3.03. The maximum atomic E-state index is 12.6. The minimum atomic E-state index is -4.47. The molecule has 2 N–H and O–H groups in total. The zero-order chi connectivity index (χ0) is 18.4. The Morgan fingerprint density at radius 1 is 1.00 bits per heavy atom. The Morgan fingerprint density at radius 3 is 2.16 bits per heavy atom. The minimum Gasteiger partial charge on any atom is -0.484 e. The van der Waals surface area contributed by atoms with Gasteiger partial charge in [-0.3, -0.25) is 9.59 Å². The second kappa shape index (κ2) is 7.69. The van der Waals surface area contributed by atoms with Crippen molar-refractivity contribution in [2.45, 2.75) is 13.1 Å². The number of benzene rings is 2. The summed E-state index contributed by atoms with van der Waals surface area (Å²) >= 11 is 0. The normalized spacial score (nSPS) is 10.9. The molecule has 2 rings (SSSR count). The van der Waals surface area contributed by atoms with E-state index >= 15 is 0 Å². The van der Waals surface area contributed by atoms with Gasteiger partial charge in [-0.25, -0.2) is 0 Å². The molecular formula is C17H15F3N2O3. The third-order valence-corrected chi connectivity index (χ3v) is 3.02. The maximum absolute atomic E-state index is 12.6. The van der Waals surface area contributed by atoms with Crippen molar-refractivity contribution in [1.82, 2.24) is 0 Å². The van der Waals surface area contributed by atoms with Gasteiger partial charge in [0.1, 0.15) is 5.75 Å². The van der Waals surface area contributed by atoms with Gasteiger partial charge >= 0.3 is 6.18 Å². The molecule has 0 unspecified atom stereocenters. The fourth-order valence-electron chi connectivity index (χ4n) is 1.95. The predicted octanol–water partition coefficient (Wildman–Crippen LogP) is 3.68. The third kappa shape index (κ3) is 5.83. The van der Waals surface area contributed by atoms with E-state index < -0.39 is 24.3 Å². The first-order valence-electron chi connectivity index (χ1n) is 7.21. The van der Waals surface area contributed by atoms with Gasteiger partial charge in [-0.05, 0) is 42.5 Å². The van der Waals surface area contributed by atoms with Crippen LogP contribution in [0.5, 0.6) is 5.75 Å². The number of hydrogen-bond acceptors (Lipinski definition) is 3. The smallest absolute Gasteiger partial charge is 0.416 e. The summed E-state index contributed by atoms with van der Waals surface area (Å²) in [4.78, 5) is 22.7.